The smallest absolute Gasteiger partial charge is 0.167 e. The summed E-state index contributed by atoms with van der Waals surface area (Å²) in [6.07, 6.45) is 2.25. The minimum Gasteiger partial charge on any atom is -0.350 e. The van der Waals surface area contributed by atoms with Crippen molar-refractivity contribution in [3.63, 3.8) is 0 Å². The normalized spacial score (nSPS) is 25.1. The van der Waals surface area contributed by atoms with E-state index in [1.54, 1.807) is 0 Å². The third kappa shape index (κ3) is 2.17. The van der Waals surface area contributed by atoms with E-state index >= 15 is 0 Å². The average Bonchev–Trinajstić information content (AvgIpc) is 2.15. The minimum atomic E-state index is -0.337. The third-order valence-electron chi connectivity index (χ3n) is 2.36. The molecule has 2 nitrogen and oxygen atoms in total. The first kappa shape index (κ1) is 9.01. The Morgan fingerprint density at radius 3 is 1.91 bits per heavy atom. The molecule has 2 heteroatoms. The van der Waals surface area contributed by atoms with Crippen molar-refractivity contribution in [3.8, 4) is 0 Å². The molecule has 0 aliphatic carbocycles. The molecule has 66 valence electrons. The van der Waals surface area contributed by atoms with Crippen LogP contribution in [0, 0.1) is 5.92 Å². The molecular formula is C9H18O2. The van der Waals surface area contributed by atoms with E-state index in [4.69, 9.17) is 9.47 Å². The summed E-state index contributed by atoms with van der Waals surface area (Å²) >= 11 is 0. The Hall–Kier alpha value is -0.0800. The second-order valence-electron chi connectivity index (χ2n) is 3.57. The van der Waals surface area contributed by atoms with Crippen molar-refractivity contribution >= 4 is 0 Å². The second kappa shape index (κ2) is 3.55. The van der Waals surface area contributed by atoms with Gasteiger partial charge in [-0.25, -0.2) is 0 Å². The lowest BCUT2D eigenvalue weighted by Crippen LogP contribution is -2.37. The Balaban J connectivity index is 2.52. The van der Waals surface area contributed by atoms with Crippen molar-refractivity contribution in [1.29, 1.82) is 0 Å². The summed E-state index contributed by atoms with van der Waals surface area (Å²) in [6, 6.07) is 0. The van der Waals surface area contributed by atoms with Crippen LogP contribution in [-0.4, -0.2) is 19.0 Å². The molecule has 0 spiro atoms. The van der Waals surface area contributed by atoms with Crippen LogP contribution in [0.25, 0.3) is 0 Å². The van der Waals surface area contributed by atoms with Crippen LogP contribution < -0.4 is 0 Å². The fourth-order valence-electron chi connectivity index (χ4n) is 1.13. The van der Waals surface area contributed by atoms with Crippen LogP contribution in [0.5, 0.6) is 0 Å². The van der Waals surface area contributed by atoms with E-state index in [0.717, 1.165) is 26.1 Å². The van der Waals surface area contributed by atoms with Gasteiger partial charge in [0.25, 0.3) is 0 Å². The van der Waals surface area contributed by atoms with Crippen molar-refractivity contribution in [2.75, 3.05) is 13.2 Å². The van der Waals surface area contributed by atoms with Gasteiger partial charge in [0.15, 0.2) is 5.79 Å². The van der Waals surface area contributed by atoms with E-state index in [-0.39, 0.29) is 5.79 Å². The van der Waals surface area contributed by atoms with Crippen LogP contribution in [0.2, 0.25) is 0 Å². The Morgan fingerprint density at radius 2 is 1.55 bits per heavy atom. The highest BCUT2D eigenvalue weighted by Gasteiger charge is 2.31. The Morgan fingerprint density at radius 1 is 1.09 bits per heavy atom. The fourth-order valence-corrected chi connectivity index (χ4v) is 1.13. The largest absolute Gasteiger partial charge is 0.350 e. The monoisotopic (exact) mass is 158 g/mol. The molecule has 1 fully saturated rings. The molecule has 1 aliphatic heterocycles. The number of rotatable bonds is 1. The molecule has 1 saturated heterocycles. The summed E-state index contributed by atoms with van der Waals surface area (Å²) in [5.41, 5.74) is 0. The number of hydrogen-bond acceptors (Lipinski definition) is 2. The van der Waals surface area contributed by atoms with E-state index in [1.807, 2.05) is 6.92 Å². The van der Waals surface area contributed by atoms with Crippen LogP contribution in [0.15, 0.2) is 0 Å². The molecule has 0 aromatic carbocycles. The van der Waals surface area contributed by atoms with Gasteiger partial charge in [0.05, 0.1) is 13.2 Å². The second-order valence-corrected chi connectivity index (χ2v) is 3.57. The topological polar surface area (TPSA) is 18.5 Å². The van der Waals surface area contributed by atoms with E-state index in [0.29, 0.717) is 5.92 Å². The van der Waals surface area contributed by atoms with E-state index in [2.05, 4.69) is 13.8 Å². The molecule has 1 heterocycles. The van der Waals surface area contributed by atoms with Gasteiger partial charge in [-0.3, -0.25) is 0 Å². The van der Waals surface area contributed by atoms with E-state index in [9.17, 15) is 0 Å². The fraction of sp³-hybridized carbons (Fsp3) is 1.00. The molecule has 11 heavy (non-hydrogen) atoms. The summed E-state index contributed by atoms with van der Waals surface area (Å²) in [5.74, 6) is 0.0943. The van der Waals surface area contributed by atoms with Crippen LogP contribution in [0.4, 0.5) is 0 Å². The summed E-state index contributed by atoms with van der Waals surface area (Å²) < 4.78 is 11.3. The van der Waals surface area contributed by atoms with Crippen LogP contribution in [-0.2, 0) is 9.47 Å². The van der Waals surface area contributed by atoms with Gasteiger partial charge in [-0.1, -0.05) is 13.8 Å². The van der Waals surface area contributed by atoms with E-state index in [1.165, 1.54) is 0 Å². The first-order chi connectivity index (χ1) is 5.15. The molecule has 0 radical (unpaired) electrons. The zero-order chi connectivity index (χ0) is 8.32. The van der Waals surface area contributed by atoms with Gasteiger partial charge in [0.2, 0.25) is 0 Å². The Bertz CT molecular complexity index is 113. The molecule has 0 unspecified atom stereocenters. The summed E-state index contributed by atoms with van der Waals surface area (Å²) in [7, 11) is 0. The van der Waals surface area contributed by atoms with Gasteiger partial charge in [0.1, 0.15) is 0 Å². The van der Waals surface area contributed by atoms with Crippen molar-refractivity contribution in [2.24, 2.45) is 5.92 Å². The summed E-state index contributed by atoms with van der Waals surface area (Å²) in [5, 5.41) is 0. The van der Waals surface area contributed by atoms with Crippen LogP contribution in [0.3, 0.4) is 0 Å². The quantitative estimate of drug-likeness (QED) is 0.582. The van der Waals surface area contributed by atoms with Crippen molar-refractivity contribution in [3.05, 3.63) is 0 Å². The van der Waals surface area contributed by atoms with Gasteiger partial charge in [-0.05, 0) is 19.8 Å². The lowest BCUT2D eigenvalue weighted by Gasteiger charge is -2.31. The SMILES string of the molecule is CC(C)C1(C)OCCCCO1. The highest BCUT2D eigenvalue weighted by Crippen LogP contribution is 2.25. The predicted molar refractivity (Wildman–Crippen MR) is 44.4 cm³/mol. The lowest BCUT2D eigenvalue weighted by molar-refractivity contribution is -0.238. The van der Waals surface area contributed by atoms with Gasteiger partial charge in [-0.2, -0.15) is 0 Å². The first-order valence-corrected chi connectivity index (χ1v) is 4.43. The zero-order valence-electron chi connectivity index (χ0n) is 7.72. The Kier molecular flexibility index (Phi) is 2.90. The van der Waals surface area contributed by atoms with Gasteiger partial charge >= 0.3 is 0 Å². The molecule has 0 aromatic rings. The van der Waals surface area contributed by atoms with Crippen LogP contribution >= 0.6 is 0 Å². The molecule has 0 N–H and O–H groups in total. The van der Waals surface area contributed by atoms with Crippen molar-refractivity contribution < 1.29 is 9.47 Å². The first-order valence-electron chi connectivity index (χ1n) is 4.43. The summed E-state index contributed by atoms with van der Waals surface area (Å²) in [6.45, 7) is 7.98. The zero-order valence-corrected chi connectivity index (χ0v) is 7.72. The third-order valence-corrected chi connectivity index (χ3v) is 2.36. The van der Waals surface area contributed by atoms with Gasteiger partial charge in [0, 0.05) is 5.92 Å². The highest BCUT2D eigenvalue weighted by atomic mass is 16.7. The lowest BCUT2D eigenvalue weighted by atomic mass is 10.1. The molecule has 0 saturated carbocycles. The molecule has 0 amide bonds. The standard InChI is InChI=1S/C9H18O2/c1-8(2)9(3)10-6-4-5-7-11-9/h8H,4-7H2,1-3H3. The maximum atomic E-state index is 5.63. The maximum absolute atomic E-state index is 5.63. The van der Waals surface area contributed by atoms with Crippen molar-refractivity contribution in [2.45, 2.75) is 39.4 Å². The molecule has 1 aliphatic rings. The molecule has 0 aromatic heterocycles. The molecule has 0 atom stereocenters. The Labute approximate surface area is 68.9 Å². The van der Waals surface area contributed by atoms with Gasteiger partial charge < -0.3 is 9.47 Å². The van der Waals surface area contributed by atoms with Crippen molar-refractivity contribution in [1.82, 2.24) is 0 Å². The summed E-state index contributed by atoms with van der Waals surface area (Å²) in [4.78, 5) is 0. The highest BCUT2D eigenvalue weighted by molar-refractivity contribution is 4.69. The number of ether oxygens (including phenoxy) is 2. The molecular weight excluding hydrogens is 140 g/mol. The van der Waals surface area contributed by atoms with Crippen LogP contribution in [0.1, 0.15) is 33.6 Å². The number of hydrogen-bond donors (Lipinski definition) is 0. The molecule has 1 rings (SSSR count). The maximum Gasteiger partial charge on any atom is 0.167 e. The van der Waals surface area contributed by atoms with E-state index < -0.39 is 0 Å². The minimum absolute atomic E-state index is 0.337. The predicted octanol–water partition coefficient (Wildman–Crippen LogP) is 2.19. The van der Waals surface area contributed by atoms with Gasteiger partial charge in [-0.15, -0.1) is 0 Å². The molecule has 0 bridgehead atoms. The average molecular weight is 158 g/mol.